The van der Waals surface area contributed by atoms with Crippen LogP contribution in [0.15, 0.2) is 59.5 Å². The van der Waals surface area contributed by atoms with E-state index in [1.165, 1.54) is 12.0 Å². The van der Waals surface area contributed by atoms with Gasteiger partial charge in [0.1, 0.15) is 11.6 Å². The Morgan fingerprint density at radius 2 is 1.73 bits per heavy atom. The number of urea groups is 1. The molecule has 37 heavy (non-hydrogen) atoms. The highest BCUT2D eigenvalue weighted by Crippen LogP contribution is 2.42. The van der Waals surface area contributed by atoms with Gasteiger partial charge in [0.05, 0.1) is 25.6 Å². The summed E-state index contributed by atoms with van der Waals surface area (Å²) in [5, 5.41) is 5.27. The molecule has 0 aliphatic carbocycles. The molecule has 1 aliphatic heterocycles. The number of thioether (sulfide) groups is 1. The van der Waals surface area contributed by atoms with E-state index in [0.29, 0.717) is 11.3 Å². The monoisotopic (exact) mass is 527 g/mol. The number of hydrogen-bond acceptors (Lipinski definition) is 7. The van der Waals surface area contributed by atoms with Crippen molar-refractivity contribution >= 4 is 41.3 Å². The summed E-state index contributed by atoms with van der Waals surface area (Å²) in [4.78, 5) is 54.3. The van der Waals surface area contributed by atoms with E-state index < -0.39 is 47.5 Å². The number of ether oxygens (including phenoxy) is 2. The second-order valence-corrected chi connectivity index (χ2v) is 10.5. The van der Waals surface area contributed by atoms with Crippen LogP contribution in [0.4, 0.5) is 10.5 Å². The maximum absolute atomic E-state index is 13.5. The van der Waals surface area contributed by atoms with Gasteiger partial charge in [-0.15, -0.1) is 11.8 Å². The zero-order valence-corrected chi connectivity index (χ0v) is 22.5. The van der Waals surface area contributed by atoms with E-state index in [2.05, 4.69) is 10.6 Å². The lowest BCUT2D eigenvalue weighted by molar-refractivity contribution is -0.164. The molecule has 1 heterocycles. The number of amides is 3. The highest BCUT2D eigenvalue weighted by molar-refractivity contribution is 7.98. The molecule has 2 aromatic carbocycles. The lowest BCUT2D eigenvalue weighted by atomic mass is 9.93. The van der Waals surface area contributed by atoms with Crippen LogP contribution in [0.5, 0.6) is 0 Å². The highest BCUT2D eigenvalue weighted by Gasteiger charge is 2.51. The molecule has 0 bridgehead atoms. The van der Waals surface area contributed by atoms with E-state index in [1.54, 1.807) is 62.9 Å². The molecule has 2 aromatic rings. The molecule has 1 fully saturated rings. The summed E-state index contributed by atoms with van der Waals surface area (Å²) in [6.07, 6.45) is 1.97. The molecule has 1 aliphatic rings. The minimum absolute atomic E-state index is 0.0422. The summed E-state index contributed by atoms with van der Waals surface area (Å²) in [6, 6.07) is 13.9. The van der Waals surface area contributed by atoms with Crippen molar-refractivity contribution in [1.82, 2.24) is 10.2 Å². The van der Waals surface area contributed by atoms with Gasteiger partial charge in [0.15, 0.2) is 0 Å². The topological polar surface area (TPSA) is 114 Å². The molecule has 3 atom stereocenters. The van der Waals surface area contributed by atoms with Crippen molar-refractivity contribution in [2.24, 2.45) is 5.92 Å². The summed E-state index contributed by atoms with van der Waals surface area (Å²) in [5.41, 5.74) is 0.467. The molecule has 3 unspecified atom stereocenters. The number of methoxy groups -OCH3 is 1. The Kier molecular flexibility index (Phi) is 9.20. The van der Waals surface area contributed by atoms with Crippen LogP contribution in [0.1, 0.15) is 38.8 Å². The Balaban J connectivity index is 1.85. The number of anilines is 1. The number of nitrogens with one attached hydrogen (secondary N) is 2. The van der Waals surface area contributed by atoms with Gasteiger partial charge in [-0.05, 0) is 57.2 Å². The Bertz CT molecular complexity index is 1130. The first kappa shape index (κ1) is 28.0. The molecular formula is C27H33N3O6S. The lowest BCUT2D eigenvalue weighted by Crippen LogP contribution is -2.48. The van der Waals surface area contributed by atoms with Gasteiger partial charge in [-0.25, -0.2) is 9.59 Å². The Morgan fingerprint density at radius 1 is 1.03 bits per heavy atom. The van der Waals surface area contributed by atoms with E-state index >= 15 is 0 Å². The summed E-state index contributed by atoms with van der Waals surface area (Å²) in [5.74, 6) is -2.45. The van der Waals surface area contributed by atoms with Crippen LogP contribution in [-0.4, -0.2) is 60.3 Å². The van der Waals surface area contributed by atoms with E-state index in [-0.39, 0.29) is 13.0 Å². The van der Waals surface area contributed by atoms with Gasteiger partial charge in [0.25, 0.3) is 0 Å². The van der Waals surface area contributed by atoms with E-state index in [9.17, 15) is 19.2 Å². The molecule has 198 valence electrons. The van der Waals surface area contributed by atoms with Crippen LogP contribution in [0, 0.1) is 5.92 Å². The zero-order valence-electron chi connectivity index (χ0n) is 21.6. The third-order valence-electron chi connectivity index (χ3n) is 5.83. The standard InChI is InChI=1S/C27H33N3O6S/c1-27(2,3)36-25(33)21-15-20(24(32)35-4)23(17-10-7-6-8-11-17)30(21)22(31)16-28-26(34)29-18-12-9-13-19(14-18)37-5/h6-14,20-21,23H,15-16H2,1-5H3,(H2,28,29,34). The minimum Gasteiger partial charge on any atom is -0.469 e. The van der Waals surface area contributed by atoms with Crippen molar-refractivity contribution in [3.8, 4) is 0 Å². The molecule has 2 N–H and O–H groups in total. The second kappa shape index (κ2) is 12.1. The SMILES string of the molecule is COC(=O)C1CC(C(=O)OC(C)(C)C)N(C(=O)CNC(=O)Nc2cccc(SC)c2)C1c1ccccc1. The molecule has 1 saturated heterocycles. The normalized spacial score (nSPS) is 19.2. The van der Waals surface area contributed by atoms with Crippen LogP contribution in [0.3, 0.4) is 0 Å². The van der Waals surface area contributed by atoms with Crippen molar-refractivity contribution in [3.63, 3.8) is 0 Å². The number of hydrogen-bond donors (Lipinski definition) is 2. The maximum atomic E-state index is 13.5. The molecule has 3 amide bonds. The summed E-state index contributed by atoms with van der Waals surface area (Å²) >= 11 is 1.54. The first-order valence-corrected chi connectivity index (χ1v) is 13.1. The molecule has 9 nitrogen and oxygen atoms in total. The van der Waals surface area contributed by atoms with Crippen LogP contribution in [0.2, 0.25) is 0 Å². The number of carbonyl (C=O) groups excluding carboxylic acids is 4. The average molecular weight is 528 g/mol. The summed E-state index contributed by atoms with van der Waals surface area (Å²) in [7, 11) is 1.27. The van der Waals surface area contributed by atoms with E-state index in [4.69, 9.17) is 9.47 Å². The van der Waals surface area contributed by atoms with E-state index in [0.717, 1.165) is 4.90 Å². The van der Waals surface area contributed by atoms with Crippen LogP contribution >= 0.6 is 11.8 Å². The van der Waals surface area contributed by atoms with Crippen molar-refractivity contribution in [3.05, 3.63) is 60.2 Å². The van der Waals surface area contributed by atoms with Crippen molar-refractivity contribution in [1.29, 1.82) is 0 Å². The first-order chi connectivity index (χ1) is 17.5. The van der Waals surface area contributed by atoms with Crippen molar-refractivity contribution < 1.29 is 28.7 Å². The molecule has 0 radical (unpaired) electrons. The predicted octanol–water partition coefficient (Wildman–Crippen LogP) is 4.00. The highest BCUT2D eigenvalue weighted by atomic mass is 32.2. The fourth-order valence-electron chi connectivity index (χ4n) is 4.32. The fourth-order valence-corrected chi connectivity index (χ4v) is 4.78. The number of rotatable bonds is 7. The Labute approximate surface area is 221 Å². The van der Waals surface area contributed by atoms with Gasteiger partial charge in [-0.1, -0.05) is 36.4 Å². The number of nitrogens with zero attached hydrogens (tertiary/aromatic N) is 1. The van der Waals surface area contributed by atoms with Gasteiger partial charge < -0.3 is 25.0 Å². The number of carbonyl (C=O) groups is 4. The molecular weight excluding hydrogens is 494 g/mol. The largest absolute Gasteiger partial charge is 0.469 e. The molecule has 0 aromatic heterocycles. The van der Waals surface area contributed by atoms with Crippen LogP contribution in [0.25, 0.3) is 0 Å². The maximum Gasteiger partial charge on any atom is 0.329 e. The number of benzene rings is 2. The molecule has 3 rings (SSSR count). The quantitative estimate of drug-likeness (QED) is 0.413. The van der Waals surface area contributed by atoms with Gasteiger partial charge in [-0.3, -0.25) is 9.59 Å². The van der Waals surface area contributed by atoms with Crippen LogP contribution < -0.4 is 10.6 Å². The van der Waals surface area contributed by atoms with Crippen molar-refractivity contribution in [2.45, 2.75) is 49.8 Å². The third-order valence-corrected chi connectivity index (χ3v) is 6.56. The summed E-state index contributed by atoms with van der Waals surface area (Å²) in [6.45, 7) is 4.81. The Hall–Kier alpha value is -3.53. The van der Waals surface area contributed by atoms with E-state index in [1.807, 2.05) is 30.5 Å². The first-order valence-electron chi connectivity index (χ1n) is 11.9. The number of likely N-dealkylation sites (tertiary alicyclic amines) is 1. The minimum atomic E-state index is -1.02. The molecule has 10 heteroatoms. The van der Waals surface area contributed by atoms with Gasteiger partial charge in [0.2, 0.25) is 5.91 Å². The fraction of sp³-hybridized carbons (Fsp3) is 0.407. The van der Waals surface area contributed by atoms with Crippen molar-refractivity contribution in [2.75, 3.05) is 25.2 Å². The molecule has 0 spiro atoms. The summed E-state index contributed by atoms with van der Waals surface area (Å²) < 4.78 is 10.6. The van der Waals surface area contributed by atoms with Gasteiger partial charge in [-0.2, -0.15) is 0 Å². The lowest BCUT2D eigenvalue weighted by Gasteiger charge is -2.32. The average Bonchev–Trinajstić information content (AvgIpc) is 3.27. The van der Waals surface area contributed by atoms with Crippen LogP contribution in [-0.2, 0) is 23.9 Å². The Morgan fingerprint density at radius 3 is 2.35 bits per heavy atom. The number of esters is 2. The third kappa shape index (κ3) is 7.25. The predicted molar refractivity (Wildman–Crippen MR) is 141 cm³/mol. The second-order valence-electron chi connectivity index (χ2n) is 9.61. The van der Waals surface area contributed by atoms with Gasteiger partial charge >= 0.3 is 18.0 Å². The van der Waals surface area contributed by atoms with Gasteiger partial charge in [0, 0.05) is 10.6 Å². The molecule has 0 saturated carbocycles. The smallest absolute Gasteiger partial charge is 0.329 e. The zero-order chi connectivity index (χ0) is 27.2.